The lowest BCUT2D eigenvalue weighted by Crippen LogP contribution is -2.60. The van der Waals surface area contributed by atoms with Crippen molar-refractivity contribution in [2.45, 2.75) is 28.5 Å². The fraction of sp³-hybridized carbons (Fsp3) is 0.478. The first kappa shape index (κ1) is 22.4. The maximum atomic E-state index is 13.4. The minimum absolute atomic E-state index is 0.0190. The van der Waals surface area contributed by atoms with Gasteiger partial charge in [0.05, 0.1) is 18.4 Å². The molecule has 1 aromatic rings. The lowest BCUT2D eigenvalue weighted by atomic mass is 9.56. The number of amides is 4. The maximum Gasteiger partial charge on any atom is 0.253 e. The molecule has 0 bridgehead atoms. The van der Waals surface area contributed by atoms with Crippen molar-refractivity contribution in [3.8, 4) is 5.75 Å². The predicted octanol–water partition coefficient (Wildman–Crippen LogP) is 1.33. The highest BCUT2D eigenvalue weighted by Crippen LogP contribution is 2.64. The number of aliphatic hydroxyl groups is 1. The average Bonchev–Trinajstić information content (AvgIpc) is 3.16. The van der Waals surface area contributed by atoms with E-state index in [1.165, 1.54) is 7.05 Å². The summed E-state index contributed by atoms with van der Waals surface area (Å²) in [7, 11) is 1.35. The van der Waals surface area contributed by atoms with Crippen LogP contribution in [-0.2, 0) is 19.2 Å². The summed E-state index contributed by atoms with van der Waals surface area (Å²) in [6.07, 6.45) is 2.19. The van der Waals surface area contributed by atoms with Crippen LogP contribution < -0.4 is 10.1 Å². The summed E-state index contributed by atoms with van der Waals surface area (Å²) in [5.41, 5.74) is 1.38. The molecule has 3 fully saturated rings. The standard InChI is InChI=1S/C23H22Cl2N2O6/c1-27-20(31)22(24)10-15-13(6-7-14-16(15)19(30)26-18(14)29)17(23(22,25)21(27)32)11-2-4-12(5-3-11)33-9-8-28/h2-6,14-17,28H,7-10H2,1H3,(H,26,29,30)/t14-,15+,16-,17-,22+,23-/m0/s1. The summed E-state index contributed by atoms with van der Waals surface area (Å²) in [6.45, 7) is -0.00494. The van der Waals surface area contributed by atoms with Gasteiger partial charge in [0.15, 0.2) is 9.75 Å². The van der Waals surface area contributed by atoms with Gasteiger partial charge in [0.2, 0.25) is 11.8 Å². The number of alkyl halides is 2. The van der Waals surface area contributed by atoms with E-state index in [-0.39, 0.29) is 31.4 Å². The zero-order valence-corrected chi connectivity index (χ0v) is 19.2. The molecule has 2 aliphatic heterocycles. The third-order valence-corrected chi connectivity index (χ3v) is 8.84. The number of hydrogen-bond donors (Lipinski definition) is 2. The van der Waals surface area contributed by atoms with Crippen LogP contribution in [0.3, 0.4) is 0 Å². The van der Waals surface area contributed by atoms with Gasteiger partial charge in [-0.15, -0.1) is 23.2 Å². The van der Waals surface area contributed by atoms with Crippen LogP contribution in [0.2, 0.25) is 0 Å². The molecule has 33 heavy (non-hydrogen) atoms. The van der Waals surface area contributed by atoms with Crippen LogP contribution in [0.4, 0.5) is 0 Å². The fourth-order valence-corrected chi connectivity index (χ4v) is 6.97. The average molecular weight is 493 g/mol. The Morgan fingerprint density at radius 2 is 1.79 bits per heavy atom. The highest BCUT2D eigenvalue weighted by molar-refractivity contribution is 6.53. The number of imide groups is 2. The maximum absolute atomic E-state index is 13.4. The molecular formula is C23H22Cl2N2O6. The molecule has 6 atom stereocenters. The van der Waals surface area contributed by atoms with E-state index < -0.39 is 45.2 Å². The van der Waals surface area contributed by atoms with Crippen molar-refractivity contribution in [2.75, 3.05) is 20.3 Å². The Labute approximate surface area is 199 Å². The summed E-state index contributed by atoms with van der Waals surface area (Å²) < 4.78 is 5.43. The molecule has 2 aliphatic carbocycles. The van der Waals surface area contributed by atoms with Crippen LogP contribution in [0.25, 0.3) is 0 Å². The van der Waals surface area contributed by atoms with E-state index in [1.54, 1.807) is 24.3 Å². The lowest BCUT2D eigenvalue weighted by molar-refractivity contribution is -0.138. The molecule has 5 rings (SSSR count). The summed E-state index contributed by atoms with van der Waals surface area (Å²) >= 11 is 14.0. The number of likely N-dealkylation sites (tertiary alicyclic amines) is 1. The SMILES string of the molecule is CN1C(=O)[C@]2(Cl)C[C@@H]3C(=CC[C@@H]4C(=O)NC(=O)[C@@H]43)[C@H](c3ccc(OCCO)cc3)[C@]2(Cl)C1=O. The van der Waals surface area contributed by atoms with E-state index in [9.17, 15) is 19.2 Å². The van der Waals surface area contributed by atoms with Crippen molar-refractivity contribution in [1.82, 2.24) is 10.2 Å². The van der Waals surface area contributed by atoms with E-state index in [4.69, 9.17) is 33.0 Å². The van der Waals surface area contributed by atoms with Gasteiger partial charge < -0.3 is 9.84 Å². The first-order valence-electron chi connectivity index (χ1n) is 10.7. The summed E-state index contributed by atoms with van der Waals surface area (Å²) in [5.74, 6) is -3.91. The largest absolute Gasteiger partial charge is 0.491 e. The first-order valence-corrected chi connectivity index (χ1v) is 11.5. The molecular weight excluding hydrogens is 471 g/mol. The molecule has 0 radical (unpaired) electrons. The van der Waals surface area contributed by atoms with Crippen molar-refractivity contribution in [3.05, 3.63) is 41.5 Å². The topological polar surface area (TPSA) is 113 Å². The number of allylic oxidation sites excluding steroid dienone is 2. The second kappa shape index (κ2) is 7.55. The van der Waals surface area contributed by atoms with Gasteiger partial charge >= 0.3 is 0 Å². The highest BCUT2D eigenvalue weighted by Gasteiger charge is 2.75. The normalized spacial score (nSPS) is 37.3. The van der Waals surface area contributed by atoms with Crippen LogP contribution in [-0.4, -0.2) is 63.6 Å². The number of carbonyl (C=O) groups is 4. The number of nitrogens with one attached hydrogen (secondary N) is 1. The highest BCUT2D eigenvalue weighted by atomic mass is 35.5. The van der Waals surface area contributed by atoms with Gasteiger partial charge in [0, 0.05) is 13.0 Å². The molecule has 4 amide bonds. The van der Waals surface area contributed by atoms with E-state index >= 15 is 0 Å². The number of hydrogen-bond acceptors (Lipinski definition) is 6. The summed E-state index contributed by atoms with van der Waals surface area (Å²) in [4.78, 5) is 49.0. The molecule has 0 aromatic heterocycles. The van der Waals surface area contributed by atoms with Gasteiger partial charge in [-0.1, -0.05) is 23.8 Å². The molecule has 2 heterocycles. The Bertz CT molecular complexity index is 1100. The number of fused-ring (bicyclic) bond motifs is 4. The van der Waals surface area contributed by atoms with Crippen molar-refractivity contribution in [3.63, 3.8) is 0 Å². The number of ether oxygens (including phenoxy) is 1. The van der Waals surface area contributed by atoms with E-state index in [2.05, 4.69) is 5.32 Å². The Morgan fingerprint density at radius 3 is 2.45 bits per heavy atom. The third kappa shape index (κ3) is 2.87. The Kier molecular flexibility index (Phi) is 5.12. The molecule has 174 valence electrons. The zero-order valence-electron chi connectivity index (χ0n) is 17.7. The van der Waals surface area contributed by atoms with Crippen LogP contribution in [0.5, 0.6) is 5.75 Å². The number of nitrogens with zero attached hydrogens (tertiary/aromatic N) is 1. The molecule has 1 saturated carbocycles. The number of benzene rings is 1. The van der Waals surface area contributed by atoms with Crippen LogP contribution >= 0.6 is 23.2 Å². The number of carbonyl (C=O) groups excluding carboxylic acids is 4. The second-order valence-corrected chi connectivity index (χ2v) is 10.2. The number of rotatable bonds is 4. The minimum atomic E-state index is -1.79. The van der Waals surface area contributed by atoms with Crippen molar-refractivity contribution in [2.24, 2.45) is 17.8 Å². The first-order chi connectivity index (χ1) is 15.6. The summed E-state index contributed by atoms with van der Waals surface area (Å²) in [5, 5.41) is 11.4. The zero-order chi connectivity index (χ0) is 23.7. The number of halogens is 2. The van der Waals surface area contributed by atoms with Gasteiger partial charge in [0.1, 0.15) is 12.4 Å². The van der Waals surface area contributed by atoms with E-state index in [0.29, 0.717) is 17.7 Å². The quantitative estimate of drug-likeness (QED) is 0.372. The van der Waals surface area contributed by atoms with Gasteiger partial charge in [-0.05, 0) is 36.5 Å². The van der Waals surface area contributed by atoms with Crippen molar-refractivity contribution < 1.29 is 29.0 Å². The summed E-state index contributed by atoms with van der Waals surface area (Å²) in [6, 6.07) is 6.86. The van der Waals surface area contributed by atoms with Crippen LogP contribution in [0.1, 0.15) is 24.3 Å². The van der Waals surface area contributed by atoms with Crippen LogP contribution in [0.15, 0.2) is 35.9 Å². The number of aliphatic hydroxyl groups excluding tert-OH is 1. The molecule has 2 N–H and O–H groups in total. The second-order valence-electron chi connectivity index (χ2n) is 8.99. The minimum Gasteiger partial charge on any atom is -0.491 e. The van der Waals surface area contributed by atoms with Gasteiger partial charge in [-0.3, -0.25) is 29.4 Å². The Morgan fingerprint density at radius 1 is 1.09 bits per heavy atom. The van der Waals surface area contributed by atoms with Gasteiger partial charge in [0.25, 0.3) is 11.8 Å². The third-order valence-electron chi connectivity index (χ3n) is 7.43. The molecule has 0 unspecified atom stereocenters. The molecule has 4 aliphatic rings. The predicted molar refractivity (Wildman–Crippen MR) is 118 cm³/mol. The fourth-order valence-electron chi connectivity index (χ4n) is 5.95. The smallest absolute Gasteiger partial charge is 0.253 e. The molecule has 10 heteroatoms. The van der Waals surface area contributed by atoms with Crippen molar-refractivity contribution in [1.29, 1.82) is 0 Å². The monoisotopic (exact) mass is 492 g/mol. The lowest BCUT2D eigenvalue weighted by Gasteiger charge is -2.50. The molecule has 2 saturated heterocycles. The molecule has 1 aromatic carbocycles. The molecule has 0 spiro atoms. The van der Waals surface area contributed by atoms with Crippen molar-refractivity contribution >= 4 is 46.8 Å². The molecule has 8 nitrogen and oxygen atoms in total. The Balaban J connectivity index is 1.66. The van der Waals surface area contributed by atoms with Gasteiger partial charge in [-0.2, -0.15) is 0 Å². The Hall–Kier alpha value is -2.42. The van der Waals surface area contributed by atoms with Gasteiger partial charge in [-0.25, -0.2) is 0 Å². The van der Waals surface area contributed by atoms with Crippen LogP contribution in [0, 0.1) is 17.8 Å². The van der Waals surface area contributed by atoms with E-state index in [1.807, 2.05) is 6.08 Å². The van der Waals surface area contributed by atoms with E-state index in [0.717, 1.165) is 10.5 Å².